The summed E-state index contributed by atoms with van der Waals surface area (Å²) in [4.78, 5) is 11.9. The van der Waals surface area contributed by atoms with E-state index >= 15 is 0 Å². The maximum Gasteiger partial charge on any atom is 0.195 e. The van der Waals surface area contributed by atoms with E-state index in [2.05, 4.69) is 36.0 Å². The number of rotatable bonds is 4. The topological polar surface area (TPSA) is 67.7 Å². The molecule has 0 unspecified atom stereocenters. The van der Waals surface area contributed by atoms with Crippen LogP contribution in [0.2, 0.25) is 0 Å². The fourth-order valence-corrected chi connectivity index (χ4v) is 3.83. The fraction of sp³-hybridized carbons (Fsp3) is 0.208. The van der Waals surface area contributed by atoms with Crippen molar-refractivity contribution in [2.75, 3.05) is 18.0 Å². The second kappa shape index (κ2) is 7.30. The minimum Gasteiger partial charge on any atom is -0.453 e. The van der Waals surface area contributed by atoms with Gasteiger partial charge in [-0.15, -0.1) is 0 Å². The van der Waals surface area contributed by atoms with Gasteiger partial charge in [0.25, 0.3) is 0 Å². The van der Waals surface area contributed by atoms with Crippen molar-refractivity contribution in [3.63, 3.8) is 0 Å². The number of anilines is 1. The Morgan fingerprint density at radius 3 is 2.50 bits per heavy atom. The molecule has 0 saturated heterocycles. The largest absolute Gasteiger partial charge is 0.453 e. The first-order chi connectivity index (χ1) is 14.7. The zero-order chi connectivity index (χ0) is 20.7. The van der Waals surface area contributed by atoms with Crippen LogP contribution in [0.4, 0.5) is 11.5 Å². The van der Waals surface area contributed by atoms with Gasteiger partial charge in [0, 0.05) is 47.7 Å². The lowest BCUT2D eigenvalue weighted by Gasteiger charge is -2.21. The van der Waals surface area contributed by atoms with Crippen LogP contribution in [-0.2, 0) is 0 Å². The average molecular weight is 398 g/mol. The van der Waals surface area contributed by atoms with E-state index in [0.29, 0.717) is 11.6 Å². The monoisotopic (exact) mass is 398 g/mol. The van der Waals surface area contributed by atoms with Gasteiger partial charge in [0.15, 0.2) is 17.2 Å². The molecule has 6 heteroatoms. The van der Waals surface area contributed by atoms with Crippen molar-refractivity contribution in [2.24, 2.45) is 4.99 Å². The van der Waals surface area contributed by atoms with Gasteiger partial charge < -0.3 is 13.8 Å². The van der Waals surface area contributed by atoms with Crippen molar-refractivity contribution in [3.8, 4) is 11.5 Å². The molecule has 6 nitrogen and oxygen atoms in total. The molecular weight excluding hydrogens is 376 g/mol. The second-order valence-corrected chi connectivity index (χ2v) is 7.23. The highest BCUT2D eigenvalue weighted by atomic mass is 16.5. The Balaban J connectivity index is 1.80. The number of aryl methyl sites for hydroxylation is 1. The predicted molar refractivity (Wildman–Crippen MR) is 118 cm³/mol. The SMILES string of the molecule is CCN(CC)c1ccc2nc3c4ccccc4c(=Nc4cc(C)on4)cc-3oc2c1. The molecule has 30 heavy (non-hydrogen) atoms. The van der Waals surface area contributed by atoms with Crippen LogP contribution >= 0.6 is 0 Å². The third kappa shape index (κ3) is 3.10. The van der Waals surface area contributed by atoms with E-state index in [1.165, 1.54) is 0 Å². The molecule has 0 amide bonds. The molecule has 1 aliphatic heterocycles. The summed E-state index contributed by atoms with van der Waals surface area (Å²) in [5.41, 5.74) is 3.54. The fourth-order valence-electron chi connectivity index (χ4n) is 3.83. The van der Waals surface area contributed by atoms with Crippen molar-refractivity contribution in [1.29, 1.82) is 0 Å². The van der Waals surface area contributed by atoms with E-state index < -0.39 is 0 Å². The van der Waals surface area contributed by atoms with Crippen molar-refractivity contribution in [2.45, 2.75) is 20.8 Å². The number of fused-ring (bicyclic) bond motifs is 4. The highest BCUT2D eigenvalue weighted by Crippen LogP contribution is 2.31. The number of benzene rings is 3. The molecule has 0 atom stereocenters. The zero-order valence-electron chi connectivity index (χ0n) is 17.2. The van der Waals surface area contributed by atoms with Crippen LogP contribution in [0.3, 0.4) is 0 Å². The quantitative estimate of drug-likeness (QED) is 0.297. The Kier molecular flexibility index (Phi) is 4.47. The predicted octanol–water partition coefficient (Wildman–Crippen LogP) is 5.46. The Bertz CT molecular complexity index is 1400. The van der Waals surface area contributed by atoms with Gasteiger partial charge in [0.1, 0.15) is 17.0 Å². The van der Waals surface area contributed by atoms with E-state index in [4.69, 9.17) is 18.9 Å². The van der Waals surface area contributed by atoms with E-state index in [1.807, 2.05) is 49.4 Å². The van der Waals surface area contributed by atoms with Gasteiger partial charge in [-0.25, -0.2) is 9.98 Å². The third-order valence-electron chi connectivity index (χ3n) is 5.33. The molecular formula is C24H22N4O2. The minimum atomic E-state index is 0.537. The first kappa shape index (κ1) is 18.4. The summed E-state index contributed by atoms with van der Waals surface area (Å²) in [6.07, 6.45) is 0. The molecule has 2 heterocycles. The molecule has 1 aliphatic carbocycles. The van der Waals surface area contributed by atoms with Crippen LogP contribution in [0.5, 0.6) is 0 Å². The summed E-state index contributed by atoms with van der Waals surface area (Å²) in [5.74, 6) is 1.95. The lowest BCUT2D eigenvalue weighted by Crippen LogP contribution is -2.21. The number of hydrogen-bond donors (Lipinski definition) is 0. The normalized spacial score (nSPS) is 12.3. The van der Waals surface area contributed by atoms with Crippen molar-refractivity contribution in [3.05, 3.63) is 65.7 Å². The molecule has 0 fully saturated rings. The summed E-state index contributed by atoms with van der Waals surface area (Å²) < 4.78 is 11.5. The number of aromatic nitrogens is 2. The molecule has 0 saturated carbocycles. The standard InChI is InChI=1S/C24H22N4O2/c1-4-28(5-2)16-10-11-19-21(13-16)29-22-14-20(25-23-12-15(3)30-27-23)17-8-6-7-9-18(17)24(22)26-19/h6-14H,4-5H2,1-3H3. The van der Waals surface area contributed by atoms with E-state index in [-0.39, 0.29) is 0 Å². The molecule has 0 bridgehead atoms. The summed E-state index contributed by atoms with van der Waals surface area (Å²) >= 11 is 0. The van der Waals surface area contributed by atoms with Gasteiger partial charge in [-0.3, -0.25) is 0 Å². The number of hydrogen-bond acceptors (Lipinski definition) is 6. The summed E-state index contributed by atoms with van der Waals surface area (Å²) in [6, 6.07) is 18.0. The summed E-state index contributed by atoms with van der Waals surface area (Å²) in [7, 11) is 0. The molecule has 0 N–H and O–H groups in total. The molecule has 5 rings (SSSR count). The van der Waals surface area contributed by atoms with Crippen molar-refractivity contribution < 1.29 is 8.94 Å². The molecule has 1 aromatic heterocycles. The van der Waals surface area contributed by atoms with Crippen LogP contribution in [0.1, 0.15) is 19.6 Å². The summed E-state index contributed by atoms with van der Waals surface area (Å²) in [6.45, 7) is 8.02. The first-order valence-corrected chi connectivity index (χ1v) is 10.2. The van der Waals surface area contributed by atoms with E-state index in [1.54, 1.807) is 0 Å². The van der Waals surface area contributed by atoms with Gasteiger partial charge in [-0.1, -0.05) is 29.4 Å². The molecule has 0 spiro atoms. The first-order valence-electron chi connectivity index (χ1n) is 10.2. The molecule has 0 radical (unpaired) electrons. The van der Waals surface area contributed by atoms with Gasteiger partial charge in [-0.2, -0.15) is 0 Å². The molecule has 2 aromatic carbocycles. The maximum absolute atomic E-state index is 6.32. The highest BCUT2D eigenvalue weighted by molar-refractivity contribution is 5.96. The van der Waals surface area contributed by atoms with Crippen LogP contribution < -0.4 is 10.3 Å². The smallest absolute Gasteiger partial charge is 0.195 e. The lowest BCUT2D eigenvalue weighted by molar-refractivity contribution is 0.399. The third-order valence-corrected chi connectivity index (χ3v) is 5.33. The van der Waals surface area contributed by atoms with Gasteiger partial charge in [0.2, 0.25) is 0 Å². The van der Waals surface area contributed by atoms with Crippen LogP contribution in [-0.4, -0.2) is 23.2 Å². The Morgan fingerprint density at radius 1 is 0.967 bits per heavy atom. The minimum absolute atomic E-state index is 0.537. The van der Waals surface area contributed by atoms with E-state index in [0.717, 1.165) is 57.5 Å². The van der Waals surface area contributed by atoms with Crippen molar-refractivity contribution in [1.82, 2.24) is 10.1 Å². The van der Waals surface area contributed by atoms with E-state index in [9.17, 15) is 0 Å². The molecule has 2 aliphatic rings. The summed E-state index contributed by atoms with van der Waals surface area (Å²) in [5, 5.41) is 6.76. The second-order valence-electron chi connectivity index (χ2n) is 7.23. The van der Waals surface area contributed by atoms with Crippen LogP contribution in [0, 0.1) is 6.92 Å². The van der Waals surface area contributed by atoms with Crippen molar-refractivity contribution >= 4 is 33.4 Å². The van der Waals surface area contributed by atoms with Gasteiger partial charge in [0.05, 0.1) is 5.36 Å². The van der Waals surface area contributed by atoms with Crippen LogP contribution in [0.25, 0.3) is 33.3 Å². The Morgan fingerprint density at radius 2 is 1.77 bits per heavy atom. The maximum atomic E-state index is 6.32. The zero-order valence-corrected chi connectivity index (χ0v) is 17.2. The Labute approximate surface area is 173 Å². The number of nitrogens with zero attached hydrogens (tertiary/aromatic N) is 4. The Hall–Kier alpha value is -3.67. The lowest BCUT2D eigenvalue weighted by atomic mass is 10.0. The highest BCUT2D eigenvalue weighted by Gasteiger charge is 2.16. The average Bonchev–Trinajstić information content (AvgIpc) is 3.18. The molecule has 150 valence electrons. The van der Waals surface area contributed by atoms with Crippen LogP contribution in [0.15, 0.2) is 68.5 Å². The van der Waals surface area contributed by atoms with Gasteiger partial charge in [-0.05, 0) is 32.9 Å². The van der Waals surface area contributed by atoms with Gasteiger partial charge >= 0.3 is 0 Å². The molecule has 3 aromatic rings.